The van der Waals surface area contributed by atoms with E-state index in [-0.39, 0.29) is 25.2 Å². The summed E-state index contributed by atoms with van der Waals surface area (Å²) in [5.41, 5.74) is 3.09. The van der Waals surface area contributed by atoms with Crippen molar-refractivity contribution in [2.24, 2.45) is 5.92 Å². The minimum Gasteiger partial charge on any atom is -0.481 e. The molecule has 1 aromatic carbocycles. The van der Waals surface area contributed by atoms with Crippen LogP contribution >= 0.6 is 0 Å². The Bertz CT molecular complexity index is 543. The van der Waals surface area contributed by atoms with Gasteiger partial charge in [0.2, 0.25) is 0 Å². The molecular formula is C18H27NO4. The predicted octanol–water partition coefficient (Wildman–Crippen LogP) is 2.69. The van der Waals surface area contributed by atoms with Crippen molar-refractivity contribution in [1.29, 1.82) is 0 Å². The van der Waals surface area contributed by atoms with Gasteiger partial charge in [0.15, 0.2) is 13.2 Å². The number of rotatable bonds is 7. The van der Waals surface area contributed by atoms with Crippen LogP contribution in [0.25, 0.3) is 0 Å². The molecule has 1 aromatic rings. The van der Waals surface area contributed by atoms with Crippen LogP contribution in [-0.2, 0) is 14.3 Å². The summed E-state index contributed by atoms with van der Waals surface area (Å²) in [6.45, 7) is 11.3. The predicted molar refractivity (Wildman–Crippen MR) is 89.5 cm³/mol. The highest BCUT2D eigenvalue weighted by atomic mass is 16.6. The minimum atomic E-state index is -0.559. The van der Waals surface area contributed by atoms with Crippen molar-refractivity contribution in [3.63, 3.8) is 0 Å². The van der Waals surface area contributed by atoms with Crippen LogP contribution in [0, 0.1) is 26.7 Å². The van der Waals surface area contributed by atoms with E-state index in [4.69, 9.17) is 9.47 Å². The summed E-state index contributed by atoms with van der Waals surface area (Å²) in [5, 5.41) is 2.78. The van der Waals surface area contributed by atoms with Gasteiger partial charge >= 0.3 is 5.97 Å². The molecule has 5 nitrogen and oxygen atoms in total. The van der Waals surface area contributed by atoms with Crippen LogP contribution < -0.4 is 10.1 Å². The van der Waals surface area contributed by atoms with Gasteiger partial charge in [0.25, 0.3) is 5.91 Å². The molecule has 0 radical (unpaired) electrons. The fourth-order valence-electron chi connectivity index (χ4n) is 2.18. The number of nitrogens with one attached hydrogen (secondary N) is 1. The summed E-state index contributed by atoms with van der Waals surface area (Å²) in [6.07, 6.45) is 0. The molecule has 0 aromatic heterocycles. The van der Waals surface area contributed by atoms with Gasteiger partial charge in [-0.2, -0.15) is 0 Å². The van der Waals surface area contributed by atoms with E-state index < -0.39 is 5.97 Å². The molecule has 1 N–H and O–H groups in total. The highest BCUT2D eigenvalue weighted by molar-refractivity contribution is 5.81. The quantitative estimate of drug-likeness (QED) is 0.784. The van der Waals surface area contributed by atoms with Crippen molar-refractivity contribution in [2.75, 3.05) is 13.2 Å². The van der Waals surface area contributed by atoms with Gasteiger partial charge in [0, 0.05) is 6.04 Å². The Morgan fingerprint density at radius 1 is 1.04 bits per heavy atom. The molecule has 1 amide bonds. The van der Waals surface area contributed by atoms with E-state index in [1.165, 1.54) is 0 Å². The zero-order valence-electron chi connectivity index (χ0n) is 14.9. The Labute approximate surface area is 138 Å². The first-order chi connectivity index (χ1) is 10.7. The van der Waals surface area contributed by atoms with Crippen LogP contribution in [0.3, 0.4) is 0 Å². The van der Waals surface area contributed by atoms with Crippen molar-refractivity contribution in [1.82, 2.24) is 5.32 Å². The Hall–Kier alpha value is -2.04. The van der Waals surface area contributed by atoms with Crippen LogP contribution in [0.4, 0.5) is 0 Å². The average Bonchev–Trinajstić information content (AvgIpc) is 2.43. The van der Waals surface area contributed by atoms with E-state index in [0.717, 1.165) is 16.7 Å². The largest absolute Gasteiger partial charge is 0.481 e. The van der Waals surface area contributed by atoms with Crippen LogP contribution in [0.15, 0.2) is 12.1 Å². The van der Waals surface area contributed by atoms with Crippen LogP contribution in [-0.4, -0.2) is 31.1 Å². The van der Waals surface area contributed by atoms with Crippen molar-refractivity contribution >= 4 is 11.9 Å². The van der Waals surface area contributed by atoms with Gasteiger partial charge in [-0.3, -0.25) is 4.79 Å². The van der Waals surface area contributed by atoms with E-state index in [2.05, 4.69) is 5.32 Å². The third kappa shape index (κ3) is 6.30. The van der Waals surface area contributed by atoms with Gasteiger partial charge in [-0.1, -0.05) is 31.5 Å². The first kappa shape index (κ1) is 19.0. The van der Waals surface area contributed by atoms with Crippen molar-refractivity contribution in [2.45, 2.75) is 47.6 Å². The Kier molecular flexibility index (Phi) is 7.07. The molecule has 0 fully saturated rings. The summed E-state index contributed by atoms with van der Waals surface area (Å²) in [6, 6.07) is 4.03. The number of carbonyl (C=O) groups excluding carboxylic acids is 2. The molecule has 128 valence electrons. The van der Waals surface area contributed by atoms with E-state index in [1.54, 1.807) is 0 Å². The smallest absolute Gasteiger partial charge is 0.344 e. The van der Waals surface area contributed by atoms with Crippen molar-refractivity contribution < 1.29 is 19.1 Å². The maximum atomic E-state index is 11.7. The molecule has 0 unspecified atom stereocenters. The van der Waals surface area contributed by atoms with Crippen LogP contribution in [0.5, 0.6) is 5.75 Å². The molecule has 0 saturated carbocycles. The number of ether oxygens (including phenoxy) is 2. The van der Waals surface area contributed by atoms with Crippen LogP contribution in [0.2, 0.25) is 0 Å². The molecule has 0 spiro atoms. The van der Waals surface area contributed by atoms with Gasteiger partial charge < -0.3 is 14.8 Å². The normalized spacial score (nSPS) is 12.0. The first-order valence-electron chi connectivity index (χ1n) is 7.86. The molecule has 0 bridgehead atoms. The second-order valence-corrected chi connectivity index (χ2v) is 6.28. The lowest BCUT2D eigenvalue weighted by Crippen LogP contribution is -2.39. The van der Waals surface area contributed by atoms with Crippen molar-refractivity contribution in [3.05, 3.63) is 28.8 Å². The monoisotopic (exact) mass is 321 g/mol. The van der Waals surface area contributed by atoms with Gasteiger partial charge in [-0.25, -0.2) is 4.79 Å². The Balaban J connectivity index is 2.42. The maximum Gasteiger partial charge on any atom is 0.344 e. The van der Waals surface area contributed by atoms with Gasteiger partial charge in [0.05, 0.1) is 0 Å². The van der Waals surface area contributed by atoms with Gasteiger partial charge in [-0.05, 0) is 44.7 Å². The summed E-state index contributed by atoms with van der Waals surface area (Å²) >= 11 is 0. The van der Waals surface area contributed by atoms with E-state index in [1.807, 2.05) is 53.7 Å². The lowest BCUT2D eigenvalue weighted by molar-refractivity contribution is -0.150. The highest BCUT2D eigenvalue weighted by Gasteiger charge is 2.14. The standard InChI is InChI=1S/C18H27NO4/c1-11(2)15(6)19-16(20)9-22-17(21)10-23-18-13(4)7-12(3)8-14(18)5/h7-8,11,15H,9-10H2,1-6H3,(H,19,20)/t15-/m1/s1. The fourth-order valence-corrected chi connectivity index (χ4v) is 2.18. The third-order valence-electron chi connectivity index (χ3n) is 3.69. The molecule has 1 rings (SSSR count). The van der Waals surface area contributed by atoms with Gasteiger partial charge in [-0.15, -0.1) is 0 Å². The number of esters is 1. The Morgan fingerprint density at radius 3 is 2.13 bits per heavy atom. The number of amides is 1. The minimum absolute atomic E-state index is 0.0373. The second kappa shape index (κ2) is 8.56. The number of hydrogen-bond donors (Lipinski definition) is 1. The van der Waals surface area contributed by atoms with Crippen LogP contribution in [0.1, 0.15) is 37.5 Å². The number of carbonyl (C=O) groups is 2. The molecular weight excluding hydrogens is 294 g/mol. The summed E-state index contributed by atoms with van der Waals surface area (Å²) < 4.78 is 10.5. The zero-order chi connectivity index (χ0) is 17.6. The molecule has 0 saturated heterocycles. The molecule has 0 aliphatic carbocycles. The molecule has 5 heteroatoms. The molecule has 0 aliphatic rings. The number of aryl methyl sites for hydroxylation is 3. The average molecular weight is 321 g/mol. The summed E-state index contributed by atoms with van der Waals surface area (Å²) in [4.78, 5) is 23.4. The molecule has 0 aliphatic heterocycles. The second-order valence-electron chi connectivity index (χ2n) is 6.28. The summed E-state index contributed by atoms with van der Waals surface area (Å²) in [5.74, 6) is 0.148. The lowest BCUT2D eigenvalue weighted by Gasteiger charge is -2.17. The number of hydrogen-bond acceptors (Lipinski definition) is 4. The molecule has 23 heavy (non-hydrogen) atoms. The highest BCUT2D eigenvalue weighted by Crippen LogP contribution is 2.24. The molecule has 0 heterocycles. The number of benzene rings is 1. The van der Waals surface area contributed by atoms with E-state index in [0.29, 0.717) is 11.7 Å². The maximum absolute atomic E-state index is 11.7. The first-order valence-corrected chi connectivity index (χ1v) is 7.86. The SMILES string of the molecule is Cc1cc(C)c(OCC(=O)OCC(=O)N[C@H](C)C(C)C)c(C)c1. The molecule has 1 atom stereocenters. The Morgan fingerprint density at radius 2 is 1.61 bits per heavy atom. The topological polar surface area (TPSA) is 64.6 Å². The van der Waals surface area contributed by atoms with E-state index in [9.17, 15) is 9.59 Å². The zero-order valence-corrected chi connectivity index (χ0v) is 14.9. The van der Waals surface area contributed by atoms with E-state index >= 15 is 0 Å². The van der Waals surface area contributed by atoms with Gasteiger partial charge in [0.1, 0.15) is 5.75 Å². The fraction of sp³-hybridized carbons (Fsp3) is 0.556. The van der Waals surface area contributed by atoms with Crippen molar-refractivity contribution in [3.8, 4) is 5.75 Å². The lowest BCUT2D eigenvalue weighted by atomic mass is 10.1. The summed E-state index contributed by atoms with van der Waals surface area (Å²) in [7, 11) is 0. The third-order valence-corrected chi connectivity index (χ3v) is 3.69.